The van der Waals surface area contributed by atoms with E-state index < -0.39 is 0 Å². The molecule has 3 rings (SSSR count). The second kappa shape index (κ2) is 11.7. The summed E-state index contributed by atoms with van der Waals surface area (Å²) in [6.07, 6.45) is 11.9. The van der Waals surface area contributed by atoms with E-state index in [-0.39, 0.29) is 0 Å². The van der Waals surface area contributed by atoms with Crippen molar-refractivity contribution < 1.29 is 0 Å². The zero-order chi connectivity index (χ0) is 22.1. The van der Waals surface area contributed by atoms with E-state index in [0.29, 0.717) is 11.8 Å². The predicted octanol–water partition coefficient (Wildman–Crippen LogP) is 8.36. The molecule has 0 N–H and O–H groups in total. The highest BCUT2D eigenvalue weighted by molar-refractivity contribution is 5.65. The van der Waals surface area contributed by atoms with Crippen molar-refractivity contribution in [1.29, 1.82) is 0 Å². The smallest absolute Gasteiger partial charge is 0.145 e. The van der Waals surface area contributed by atoms with Gasteiger partial charge in [0, 0.05) is 11.3 Å². The van der Waals surface area contributed by atoms with Gasteiger partial charge < -0.3 is 0 Å². The van der Waals surface area contributed by atoms with Crippen LogP contribution < -0.4 is 0 Å². The van der Waals surface area contributed by atoms with Crippen LogP contribution in [0.3, 0.4) is 0 Å². The number of rotatable bonds is 11. The molecule has 2 heteroatoms. The summed E-state index contributed by atoms with van der Waals surface area (Å²) in [5.41, 5.74) is 4.78. The summed E-state index contributed by atoms with van der Waals surface area (Å²) >= 11 is 0. The van der Waals surface area contributed by atoms with E-state index >= 15 is 0 Å². The maximum Gasteiger partial charge on any atom is 0.145 e. The van der Waals surface area contributed by atoms with Crippen molar-refractivity contribution in [2.75, 3.05) is 0 Å². The van der Waals surface area contributed by atoms with Crippen LogP contribution in [0.4, 0.5) is 0 Å². The molecule has 1 aromatic heterocycles. The second-order valence-electron chi connectivity index (χ2n) is 8.72. The minimum Gasteiger partial charge on any atom is -0.293 e. The quantitative estimate of drug-likeness (QED) is 0.288. The van der Waals surface area contributed by atoms with E-state index in [9.17, 15) is 0 Å². The van der Waals surface area contributed by atoms with Crippen LogP contribution in [-0.2, 0) is 6.42 Å². The van der Waals surface area contributed by atoms with E-state index in [2.05, 4.69) is 105 Å². The molecule has 0 fully saturated rings. The molecule has 2 nitrogen and oxygen atoms in total. The van der Waals surface area contributed by atoms with Crippen LogP contribution in [0, 0.1) is 11.8 Å². The van der Waals surface area contributed by atoms with Crippen molar-refractivity contribution in [3.8, 4) is 17.1 Å². The van der Waals surface area contributed by atoms with Crippen molar-refractivity contribution in [3.63, 3.8) is 0 Å². The number of allylic oxidation sites excluding steroid dienone is 1. The number of benzene rings is 2. The van der Waals surface area contributed by atoms with E-state index in [1.54, 1.807) is 0 Å². The highest BCUT2D eigenvalue weighted by atomic mass is 15.1. The highest BCUT2D eigenvalue weighted by Crippen LogP contribution is 2.29. The molecule has 0 radical (unpaired) electrons. The molecule has 0 aliphatic rings. The van der Waals surface area contributed by atoms with Crippen LogP contribution in [0.2, 0.25) is 0 Å². The molecule has 2 aromatic carbocycles. The van der Waals surface area contributed by atoms with E-state index in [1.807, 2.05) is 0 Å². The standard InChI is InChI=1S/C29H38N2/c1-5-7-8-15-20-27-28(22-21-24(4)23(3)6-2)31(26-18-13-10-14-19-26)29(30-27)25-16-11-9-12-17-25/h9-14,16-19,21-24H,5-8,15,20H2,1-4H3/b22-21+. The van der Waals surface area contributed by atoms with Crippen LogP contribution in [0.15, 0.2) is 66.7 Å². The Kier molecular flexibility index (Phi) is 8.70. The minimum absolute atomic E-state index is 0.539. The van der Waals surface area contributed by atoms with Crippen LogP contribution >= 0.6 is 0 Å². The number of aromatic nitrogens is 2. The van der Waals surface area contributed by atoms with Gasteiger partial charge in [0.1, 0.15) is 5.82 Å². The summed E-state index contributed by atoms with van der Waals surface area (Å²) in [6, 6.07) is 21.3. The van der Waals surface area contributed by atoms with Crippen LogP contribution in [0.25, 0.3) is 23.2 Å². The van der Waals surface area contributed by atoms with E-state index in [1.165, 1.54) is 49.2 Å². The molecule has 2 atom stereocenters. The normalized spacial score (nSPS) is 13.5. The van der Waals surface area contributed by atoms with Gasteiger partial charge in [0.25, 0.3) is 0 Å². The zero-order valence-electron chi connectivity index (χ0n) is 19.7. The lowest BCUT2D eigenvalue weighted by Gasteiger charge is -2.15. The Balaban J connectivity index is 2.11. The fraction of sp³-hybridized carbons (Fsp3) is 0.414. The Bertz CT molecular complexity index is 938. The van der Waals surface area contributed by atoms with Crippen LogP contribution in [-0.4, -0.2) is 9.55 Å². The van der Waals surface area contributed by atoms with Gasteiger partial charge in [-0.1, -0.05) is 108 Å². The number of nitrogens with zero attached hydrogens (tertiary/aromatic N) is 2. The maximum atomic E-state index is 5.21. The molecule has 0 aliphatic carbocycles. The SMILES string of the molecule is CCCCCCc1nc(-c2ccccc2)n(-c2ccccc2)c1/C=C/C(C)C(C)CC. The topological polar surface area (TPSA) is 17.8 Å². The predicted molar refractivity (Wildman–Crippen MR) is 134 cm³/mol. The molecule has 0 bridgehead atoms. The Morgan fingerprint density at radius 3 is 2.19 bits per heavy atom. The molecule has 0 spiro atoms. The molecule has 0 aliphatic heterocycles. The number of para-hydroxylation sites is 1. The molecule has 164 valence electrons. The number of aryl methyl sites for hydroxylation is 1. The molecule has 2 unspecified atom stereocenters. The number of unbranched alkanes of at least 4 members (excludes halogenated alkanes) is 3. The Morgan fingerprint density at radius 1 is 0.871 bits per heavy atom. The molecular weight excluding hydrogens is 376 g/mol. The third-order valence-electron chi connectivity index (χ3n) is 6.40. The largest absolute Gasteiger partial charge is 0.293 e. The number of hydrogen-bond acceptors (Lipinski definition) is 1. The summed E-state index contributed by atoms with van der Waals surface area (Å²) in [5, 5.41) is 0. The Labute approximate surface area is 189 Å². The molecular formula is C29H38N2. The Morgan fingerprint density at radius 2 is 1.55 bits per heavy atom. The van der Waals surface area contributed by atoms with Gasteiger partial charge in [-0.3, -0.25) is 4.57 Å². The van der Waals surface area contributed by atoms with Gasteiger partial charge in [-0.2, -0.15) is 0 Å². The first-order chi connectivity index (χ1) is 15.2. The number of imidazole rings is 1. The van der Waals surface area contributed by atoms with Crippen LogP contribution in [0.1, 0.15) is 71.2 Å². The fourth-order valence-electron chi connectivity index (χ4n) is 3.98. The van der Waals surface area contributed by atoms with E-state index in [0.717, 1.165) is 17.8 Å². The monoisotopic (exact) mass is 414 g/mol. The molecule has 0 saturated heterocycles. The Hall–Kier alpha value is -2.61. The van der Waals surface area contributed by atoms with Gasteiger partial charge >= 0.3 is 0 Å². The highest BCUT2D eigenvalue weighted by Gasteiger charge is 2.18. The minimum atomic E-state index is 0.539. The molecule has 0 amide bonds. The van der Waals surface area contributed by atoms with Crippen molar-refractivity contribution >= 4 is 6.08 Å². The zero-order valence-corrected chi connectivity index (χ0v) is 19.7. The first kappa shape index (κ1) is 23.1. The first-order valence-corrected chi connectivity index (χ1v) is 12.1. The summed E-state index contributed by atoms with van der Waals surface area (Å²) in [5.74, 6) is 2.25. The van der Waals surface area contributed by atoms with Gasteiger partial charge in [-0.15, -0.1) is 0 Å². The molecule has 1 heterocycles. The average molecular weight is 415 g/mol. The van der Waals surface area contributed by atoms with Crippen molar-refractivity contribution in [2.45, 2.75) is 66.2 Å². The van der Waals surface area contributed by atoms with Gasteiger partial charge in [0.15, 0.2) is 0 Å². The third-order valence-corrected chi connectivity index (χ3v) is 6.40. The summed E-state index contributed by atoms with van der Waals surface area (Å²) in [6.45, 7) is 9.20. The van der Waals surface area contributed by atoms with Crippen molar-refractivity contribution in [3.05, 3.63) is 78.1 Å². The van der Waals surface area contributed by atoms with Crippen molar-refractivity contribution in [1.82, 2.24) is 9.55 Å². The van der Waals surface area contributed by atoms with Gasteiger partial charge in [0.05, 0.1) is 11.4 Å². The average Bonchev–Trinajstić information content (AvgIpc) is 3.19. The third kappa shape index (κ3) is 5.97. The lowest BCUT2D eigenvalue weighted by molar-refractivity contribution is 0.447. The van der Waals surface area contributed by atoms with Crippen molar-refractivity contribution in [2.24, 2.45) is 11.8 Å². The number of hydrogen-bond donors (Lipinski definition) is 0. The van der Waals surface area contributed by atoms with Gasteiger partial charge in [-0.25, -0.2) is 4.98 Å². The van der Waals surface area contributed by atoms with Gasteiger partial charge in [0.2, 0.25) is 0 Å². The summed E-state index contributed by atoms with van der Waals surface area (Å²) in [4.78, 5) is 5.21. The molecule has 0 saturated carbocycles. The van der Waals surface area contributed by atoms with E-state index in [4.69, 9.17) is 4.98 Å². The first-order valence-electron chi connectivity index (χ1n) is 12.1. The molecule has 31 heavy (non-hydrogen) atoms. The summed E-state index contributed by atoms with van der Waals surface area (Å²) < 4.78 is 2.35. The fourth-order valence-corrected chi connectivity index (χ4v) is 3.98. The van der Waals surface area contributed by atoms with Gasteiger partial charge in [-0.05, 0) is 42.9 Å². The lowest BCUT2D eigenvalue weighted by Crippen LogP contribution is -2.04. The molecule has 3 aromatic rings. The summed E-state index contributed by atoms with van der Waals surface area (Å²) in [7, 11) is 0. The maximum absolute atomic E-state index is 5.21. The van der Waals surface area contributed by atoms with Crippen LogP contribution in [0.5, 0.6) is 0 Å². The second-order valence-corrected chi connectivity index (χ2v) is 8.72. The lowest BCUT2D eigenvalue weighted by atomic mass is 9.93.